The zero-order valence-electron chi connectivity index (χ0n) is 29.0. The van der Waals surface area contributed by atoms with Crippen LogP contribution in [0.3, 0.4) is 0 Å². The Balaban J connectivity index is 3.52. The molecular weight excluding hydrogens is 520 g/mol. The lowest BCUT2D eigenvalue weighted by atomic mass is 10.0. The average Bonchev–Trinajstić information content (AvgIpc) is 3.00. The first-order valence-electron chi connectivity index (χ1n) is 19.2. The fourth-order valence-electron chi connectivity index (χ4n) is 5.69. The van der Waals surface area contributed by atoms with Gasteiger partial charge in [-0.25, -0.2) is 0 Å². The molecule has 0 saturated carbocycles. The summed E-state index contributed by atoms with van der Waals surface area (Å²) in [6.45, 7) is 8.16. The van der Waals surface area contributed by atoms with Gasteiger partial charge in [0, 0.05) is 26.4 Å². The van der Waals surface area contributed by atoms with Gasteiger partial charge in [-0.1, -0.05) is 181 Å². The molecule has 0 bridgehead atoms. The Labute approximate surface area is 264 Å². The van der Waals surface area contributed by atoms with Crippen LogP contribution in [-0.2, 0) is 14.2 Å². The molecule has 0 spiro atoms. The minimum absolute atomic E-state index is 0.0187. The first-order valence-corrected chi connectivity index (χ1v) is 19.2. The summed E-state index contributed by atoms with van der Waals surface area (Å²) in [4.78, 5) is 0. The van der Waals surface area contributed by atoms with Crippen molar-refractivity contribution in [3.63, 3.8) is 0 Å². The molecule has 0 amide bonds. The number of ether oxygens (including phenoxy) is 3. The van der Waals surface area contributed by atoms with Crippen molar-refractivity contribution < 1.29 is 19.3 Å². The molecule has 0 atom stereocenters. The largest absolute Gasteiger partial charge is 0.396 e. The van der Waals surface area contributed by atoms with E-state index in [-0.39, 0.29) is 12.7 Å². The molecule has 4 nitrogen and oxygen atoms in total. The summed E-state index contributed by atoms with van der Waals surface area (Å²) in [6.07, 6.45) is 39.3. The molecule has 0 unspecified atom stereocenters. The Bertz CT molecular complexity index is 422. The zero-order chi connectivity index (χ0) is 30.4. The maximum Gasteiger partial charge on any atom is 0.104 e. The predicted octanol–water partition coefficient (Wildman–Crippen LogP) is 11.7. The van der Waals surface area contributed by atoms with Crippen molar-refractivity contribution in [1.29, 1.82) is 0 Å². The van der Waals surface area contributed by atoms with Gasteiger partial charge in [0.1, 0.15) is 6.10 Å². The molecule has 0 aromatic rings. The summed E-state index contributed by atoms with van der Waals surface area (Å²) in [5.41, 5.74) is 0. The maximum atomic E-state index is 9.09. The normalized spacial score (nSPS) is 11.7. The van der Waals surface area contributed by atoms with Gasteiger partial charge >= 0.3 is 0 Å². The second-order valence-electron chi connectivity index (χ2n) is 12.9. The minimum Gasteiger partial charge on any atom is -0.396 e. The molecule has 1 N–H and O–H groups in total. The summed E-state index contributed by atoms with van der Waals surface area (Å²) in [5, 5.41) is 9.09. The number of aliphatic hydroxyl groups excluding tert-OH is 1. The van der Waals surface area contributed by atoms with E-state index in [1.54, 1.807) is 0 Å². The first kappa shape index (κ1) is 41.8. The van der Waals surface area contributed by atoms with Crippen molar-refractivity contribution in [2.45, 2.75) is 206 Å². The average molecular weight is 599 g/mol. The maximum absolute atomic E-state index is 9.09. The van der Waals surface area contributed by atoms with Crippen LogP contribution < -0.4 is 0 Å². The Morgan fingerprint density at radius 1 is 0.357 bits per heavy atom. The quantitative estimate of drug-likeness (QED) is 0.0718. The summed E-state index contributed by atoms with van der Waals surface area (Å²) < 4.78 is 17.8. The van der Waals surface area contributed by atoms with Crippen LogP contribution >= 0.6 is 0 Å². The van der Waals surface area contributed by atoms with Gasteiger partial charge < -0.3 is 19.3 Å². The molecule has 0 aliphatic carbocycles. The van der Waals surface area contributed by atoms with Crippen LogP contribution in [0.5, 0.6) is 0 Å². The van der Waals surface area contributed by atoms with Crippen molar-refractivity contribution in [2.24, 2.45) is 0 Å². The standard InChI is InChI=1S/C38H78O4/c1-3-5-7-9-11-13-15-17-19-21-23-25-27-29-33-40-36-38(42-35-31-32-39)37-41-34-30-28-26-24-22-20-18-16-14-12-10-8-6-4-2/h38-39H,3-37H2,1-2H3. The molecule has 0 heterocycles. The van der Waals surface area contributed by atoms with Crippen molar-refractivity contribution >= 4 is 0 Å². The van der Waals surface area contributed by atoms with Gasteiger partial charge in [-0.2, -0.15) is 0 Å². The van der Waals surface area contributed by atoms with Crippen LogP contribution in [0.25, 0.3) is 0 Å². The van der Waals surface area contributed by atoms with Crippen LogP contribution in [0.4, 0.5) is 0 Å². The number of hydrogen-bond acceptors (Lipinski definition) is 4. The molecule has 0 rings (SSSR count). The third-order valence-corrected chi connectivity index (χ3v) is 8.55. The first-order chi connectivity index (χ1) is 20.8. The fourth-order valence-corrected chi connectivity index (χ4v) is 5.69. The highest BCUT2D eigenvalue weighted by Gasteiger charge is 2.10. The van der Waals surface area contributed by atoms with Crippen molar-refractivity contribution in [3.8, 4) is 0 Å². The molecule has 0 radical (unpaired) electrons. The van der Waals surface area contributed by atoms with Crippen LogP contribution in [0.1, 0.15) is 200 Å². The fraction of sp³-hybridized carbons (Fsp3) is 1.00. The molecular formula is C38H78O4. The topological polar surface area (TPSA) is 47.9 Å². The van der Waals surface area contributed by atoms with E-state index < -0.39 is 0 Å². The van der Waals surface area contributed by atoms with Gasteiger partial charge in [-0.3, -0.25) is 0 Å². The van der Waals surface area contributed by atoms with Gasteiger partial charge in [-0.05, 0) is 19.3 Å². The molecule has 4 heteroatoms. The van der Waals surface area contributed by atoms with E-state index in [4.69, 9.17) is 19.3 Å². The van der Waals surface area contributed by atoms with E-state index in [9.17, 15) is 0 Å². The van der Waals surface area contributed by atoms with E-state index in [1.807, 2.05) is 0 Å². The Kier molecular flexibility index (Phi) is 38.7. The van der Waals surface area contributed by atoms with E-state index in [0.29, 0.717) is 26.2 Å². The minimum atomic E-state index is -0.0187. The van der Waals surface area contributed by atoms with E-state index >= 15 is 0 Å². The zero-order valence-corrected chi connectivity index (χ0v) is 29.0. The van der Waals surface area contributed by atoms with Gasteiger partial charge in [0.2, 0.25) is 0 Å². The lowest BCUT2D eigenvalue weighted by Crippen LogP contribution is -2.27. The second-order valence-corrected chi connectivity index (χ2v) is 12.9. The molecule has 254 valence electrons. The second kappa shape index (κ2) is 38.9. The molecule has 0 aliphatic heterocycles. The van der Waals surface area contributed by atoms with Crippen molar-refractivity contribution in [2.75, 3.05) is 39.6 Å². The van der Waals surface area contributed by atoms with E-state index in [2.05, 4.69) is 13.8 Å². The smallest absolute Gasteiger partial charge is 0.104 e. The van der Waals surface area contributed by atoms with Gasteiger partial charge in [0.05, 0.1) is 13.2 Å². The molecule has 0 saturated heterocycles. The van der Waals surface area contributed by atoms with Crippen LogP contribution in [0.2, 0.25) is 0 Å². The third-order valence-electron chi connectivity index (χ3n) is 8.55. The van der Waals surface area contributed by atoms with E-state index in [0.717, 1.165) is 26.1 Å². The summed E-state index contributed by atoms with van der Waals surface area (Å²) in [7, 11) is 0. The molecule has 0 fully saturated rings. The lowest BCUT2D eigenvalue weighted by molar-refractivity contribution is -0.0630. The summed E-state index contributed by atoms with van der Waals surface area (Å²) >= 11 is 0. The molecule has 0 aromatic heterocycles. The molecule has 0 aliphatic rings. The molecule has 0 aromatic carbocycles. The lowest BCUT2D eigenvalue weighted by Gasteiger charge is -2.18. The highest BCUT2D eigenvalue weighted by atomic mass is 16.6. The van der Waals surface area contributed by atoms with Gasteiger partial charge in [0.15, 0.2) is 0 Å². The van der Waals surface area contributed by atoms with Crippen LogP contribution in [-0.4, -0.2) is 50.9 Å². The highest BCUT2D eigenvalue weighted by molar-refractivity contribution is 4.57. The number of rotatable bonds is 38. The molecule has 42 heavy (non-hydrogen) atoms. The van der Waals surface area contributed by atoms with Crippen molar-refractivity contribution in [3.05, 3.63) is 0 Å². The monoisotopic (exact) mass is 599 g/mol. The summed E-state index contributed by atoms with van der Waals surface area (Å²) in [6, 6.07) is 0. The van der Waals surface area contributed by atoms with E-state index in [1.165, 1.54) is 167 Å². The number of hydrogen-bond donors (Lipinski definition) is 1. The summed E-state index contributed by atoms with van der Waals surface area (Å²) in [5.74, 6) is 0. The Morgan fingerprint density at radius 3 is 0.929 bits per heavy atom. The Morgan fingerprint density at radius 2 is 0.643 bits per heavy atom. The predicted molar refractivity (Wildman–Crippen MR) is 184 cm³/mol. The van der Waals surface area contributed by atoms with Crippen molar-refractivity contribution in [1.82, 2.24) is 0 Å². The third kappa shape index (κ3) is 36.0. The van der Waals surface area contributed by atoms with Crippen LogP contribution in [0, 0.1) is 0 Å². The highest BCUT2D eigenvalue weighted by Crippen LogP contribution is 2.14. The van der Waals surface area contributed by atoms with Gasteiger partial charge in [0.25, 0.3) is 0 Å². The number of unbranched alkanes of at least 4 members (excludes halogenated alkanes) is 26. The van der Waals surface area contributed by atoms with Gasteiger partial charge in [-0.15, -0.1) is 0 Å². The SMILES string of the molecule is CCCCCCCCCCCCCCCCOCC(COCCCCCCCCCCCCCCCC)OCCCO. The number of aliphatic hydroxyl groups is 1. The Hall–Kier alpha value is -0.160. The van der Waals surface area contributed by atoms with Crippen LogP contribution in [0.15, 0.2) is 0 Å².